The second kappa shape index (κ2) is 6.80. The van der Waals surface area contributed by atoms with Gasteiger partial charge in [0.25, 0.3) is 0 Å². The van der Waals surface area contributed by atoms with Gasteiger partial charge >= 0.3 is 0 Å². The lowest BCUT2D eigenvalue weighted by Gasteiger charge is -2.22. The second-order valence-corrected chi connectivity index (χ2v) is 7.86. The number of aromatic nitrogens is 3. The van der Waals surface area contributed by atoms with Gasteiger partial charge in [-0.3, -0.25) is 9.55 Å². The molecular formula is C24H25N3. The van der Waals surface area contributed by atoms with Gasteiger partial charge in [0.2, 0.25) is 0 Å². The monoisotopic (exact) mass is 355 g/mol. The number of imidazole rings is 1. The lowest BCUT2D eigenvalue weighted by molar-refractivity contribution is 0.351. The van der Waals surface area contributed by atoms with Crippen molar-refractivity contribution in [2.24, 2.45) is 5.92 Å². The van der Waals surface area contributed by atoms with Crippen molar-refractivity contribution < 1.29 is 0 Å². The van der Waals surface area contributed by atoms with Gasteiger partial charge in [-0.25, -0.2) is 4.98 Å². The summed E-state index contributed by atoms with van der Waals surface area (Å²) < 4.78 is 2.39. The molecule has 1 aliphatic carbocycles. The van der Waals surface area contributed by atoms with E-state index in [0.29, 0.717) is 0 Å². The molecule has 2 aromatic heterocycles. The first kappa shape index (κ1) is 16.5. The highest BCUT2D eigenvalue weighted by Crippen LogP contribution is 2.32. The van der Waals surface area contributed by atoms with Crippen molar-refractivity contribution in [2.75, 3.05) is 0 Å². The van der Waals surface area contributed by atoms with Gasteiger partial charge in [-0.05, 0) is 37.1 Å². The summed E-state index contributed by atoms with van der Waals surface area (Å²) in [5, 5.41) is 1.19. The van der Waals surface area contributed by atoms with E-state index in [-0.39, 0.29) is 0 Å². The highest BCUT2D eigenvalue weighted by molar-refractivity contribution is 5.90. The van der Waals surface area contributed by atoms with Crippen molar-refractivity contribution in [3.05, 3.63) is 66.1 Å². The molecule has 0 spiro atoms. The smallest absolute Gasteiger partial charge is 0.114 e. The van der Waals surface area contributed by atoms with Crippen LogP contribution < -0.4 is 0 Å². The van der Waals surface area contributed by atoms with Crippen LogP contribution >= 0.6 is 0 Å². The Morgan fingerprint density at radius 3 is 2.48 bits per heavy atom. The molecule has 1 aliphatic rings. The van der Waals surface area contributed by atoms with Crippen molar-refractivity contribution >= 4 is 21.9 Å². The van der Waals surface area contributed by atoms with Crippen molar-refractivity contribution in [3.8, 4) is 5.69 Å². The lowest BCUT2D eigenvalue weighted by Crippen LogP contribution is -2.13. The number of fused-ring (bicyclic) bond motifs is 2. The van der Waals surface area contributed by atoms with E-state index in [4.69, 9.17) is 9.97 Å². The van der Waals surface area contributed by atoms with Gasteiger partial charge in [0.1, 0.15) is 5.82 Å². The molecule has 0 bridgehead atoms. The number of hydrogen-bond acceptors (Lipinski definition) is 2. The summed E-state index contributed by atoms with van der Waals surface area (Å²) in [6, 6.07) is 19.2. The summed E-state index contributed by atoms with van der Waals surface area (Å²) in [5.74, 6) is 1.95. The molecule has 0 radical (unpaired) electrons. The first-order valence-electron chi connectivity index (χ1n) is 10.1. The second-order valence-electron chi connectivity index (χ2n) is 7.86. The summed E-state index contributed by atoms with van der Waals surface area (Å²) in [4.78, 5) is 9.80. The maximum atomic E-state index is 5.06. The quantitative estimate of drug-likeness (QED) is 0.451. The zero-order valence-electron chi connectivity index (χ0n) is 15.9. The number of pyridine rings is 1. The summed E-state index contributed by atoms with van der Waals surface area (Å²) in [7, 11) is 0. The van der Waals surface area contributed by atoms with Crippen LogP contribution in [0.25, 0.3) is 27.6 Å². The minimum atomic E-state index is 0.753. The maximum Gasteiger partial charge on any atom is 0.114 e. The predicted molar refractivity (Wildman–Crippen MR) is 111 cm³/mol. The average Bonchev–Trinajstić information content (AvgIpc) is 3.05. The van der Waals surface area contributed by atoms with Crippen molar-refractivity contribution in [2.45, 2.75) is 45.4 Å². The van der Waals surface area contributed by atoms with Gasteiger partial charge in [-0.1, -0.05) is 62.4 Å². The number of nitrogens with zero attached hydrogens (tertiary/aromatic N) is 3. The molecule has 0 N–H and O–H groups in total. The molecule has 3 nitrogen and oxygen atoms in total. The van der Waals surface area contributed by atoms with Crippen LogP contribution in [0.4, 0.5) is 0 Å². The third kappa shape index (κ3) is 3.01. The Balaban J connectivity index is 1.73. The normalized spacial score (nSPS) is 15.6. The van der Waals surface area contributed by atoms with Crippen molar-refractivity contribution in [1.82, 2.24) is 14.5 Å². The summed E-state index contributed by atoms with van der Waals surface area (Å²) in [6.07, 6.45) is 7.84. The Kier molecular flexibility index (Phi) is 4.16. The van der Waals surface area contributed by atoms with Crippen LogP contribution in [0.2, 0.25) is 0 Å². The summed E-state index contributed by atoms with van der Waals surface area (Å²) in [5.41, 5.74) is 5.58. The molecule has 0 aliphatic heterocycles. The minimum Gasteiger partial charge on any atom is -0.296 e. The van der Waals surface area contributed by atoms with Crippen LogP contribution in [0.3, 0.4) is 0 Å². The number of aryl methyl sites for hydroxylation is 1. The molecule has 0 amide bonds. The van der Waals surface area contributed by atoms with Crippen LogP contribution in [0.5, 0.6) is 0 Å². The summed E-state index contributed by atoms with van der Waals surface area (Å²) in [6.45, 7) is 2.08. The van der Waals surface area contributed by atoms with Gasteiger partial charge in [0.05, 0.1) is 22.2 Å². The molecule has 136 valence electrons. The zero-order chi connectivity index (χ0) is 18.2. The number of para-hydroxylation sites is 3. The fourth-order valence-corrected chi connectivity index (χ4v) is 4.60. The standard InChI is InChI=1S/C24H25N3/c1-17-15-23(19-11-5-6-12-20(19)25-17)27-22-14-8-7-13-21(22)26-24(27)16-18-9-3-2-4-10-18/h5-8,11-15,18H,2-4,9-10,16H2,1H3. The molecule has 2 heterocycles. The van der Waals surface area contributed by atoms with Gasteiger partial charge in [0.15, 0.2) is 0 Å². The Morgan fingerprint density at radius 2 is 1.63 bits per heavy atom. The highest BCUT2D eigenvalue weighted by Gasteiger charge is 2.20. The third-order valence-electron chi connectivity index (χ3n) is 5.89. The van der Waals surface area contributed by atoms with Gasteiger partial charge in [-0.15, -0.1) is 0 Å². The largest absolute Gasteiger partial charge is 0.296 e. The van der Waals surface area contributed by atoms with E-state index in [0.717, 1.165) is 29.1 Å². The van der Waals surface area contributed by atoms with E-state index in [1.807, 2.05) is 0 Å². The molecule has 0 saturated heterocycles. The van der Waals surface area contributed by atoms with Gasteiger partial charge in [0, 0.05) is 17.5 Å². The topological polar surface area (TPSA) is 30.7 Å². The third-order valence-corrected chi connectivity index (χ3v) is 5.89. The highest BCUT2D eigenvalue weighted by atomic mass is 15.1. The molecular weight excluding hydrogens is 330 g/mol. The van der Waals surface area contributed by atoms with Crippen molar-refractivity contribution in [1.29, 1.82) is 0 Å². The Bertz CT molecular complexity index is 1100. The average molecular weight is 355 g/mol. The summed E-state index contributed by atoms with van der Waals surface area (Å²) >= 11 is 0. The van der Waals surface area contributed by atoms with Crippen LogP contribution in [0, 0.1) is 12.8 Å². The number of benzene rings is 2. The van der Waals surface area contributed by atoms with E-state index in [9.17, 15) is 0 Å². The van der Waals surface area contributed by atoms with E-state index >= 15 is 0 Å². The molecule has 1 fully saturated rings. The van der Waals surface area contributed by atoms with E-state index in [1.165, 1.54) is 54.5 Å². The maximum absolute atomic E-state index is 5.06. The van der Waals surface area contributed by atoms with Crippen LogP contribution in [-0.2, 0) is 6.42 Å². The molecule has 4 aromatic rings. The Labute approximate surface area is 160 Å². The fourth-order valence-electron chi connectivity index (χ4n) is 4.60. The molecule has 1 saturated carbocycles. The predicted octanol–water partition coefficient (Wildman–Crippen LogP) is 6.00. The molecule has 2 aromatic carbocycles. The Morgan fingerprint density at radius 1 is 0.889 bits per heavy atom. The van der Waals surface area contributed by atoms with Crippen LogP contribution in [0.15, 0.2) is 54.6 Å². The molecule has 5 rings (SSSR count). The fraction of sp³-hybridized carbons (Fsp3) is 0.333. The van der Waals surface area contributed by atoms with Gasteiger partial charge in [-0.2, -0.15) is 0 Å². The van der Waals surface area contributed by atoms with Gasteiger partial charge < -0.3 is 0 Å². The van der Waals surface area contributed by atoms with Crippen molar-refractivity contribution in [3.63, 3.8) is 0 Å². The molecule has 27 heavy (non-hydrogen) atoms. The van der Waals surface area contributed by atoms with Crippen LogP contribution in [0.1, 0.15) is 43.6 Å². The van der Waals surface area contributed by atoms with E-state index in [2.05, 4.69) is 66.1 Å². The SMILES string of the molecule is Cc1cc(-n2c(CC3CCCCC3)nc3ccccc32)c2ccccc2n1. The van der Waals surface area contributed by atoms with E-state index in [1.54, 1.807) is 0 Å². The number of rotatable bonds is 3. The molecule has 0 unspecified atom stereocenters. The molecule has 0 atom stereocenters. The number of hydrogen-bond donors (Lipinski definition) is 0. The van der Waals surface area contributed by atoms with E-state index < -0.39 is 0 Å². The van der Waals surface area contributed by atoms with Crippen LogP contribution in [-0.4, -0.2) is 14.5 Å². The zero-order valence-corrected chi connectivity index (χ0v) is 15.9. The Hall–Kier alpha value is -2.68. The first-order valence-corrected chi connectivity index (χ1v) is 10.1. The first-order chi connectivity index (χ1) is 13.3. The molecule has 3 heteroatoms. The lowest BCUT2D eigenvalue weighted by atomic mass is 9.87. The minimum absolute atomic E-state index is 0.753.